The quantitative estimate of drug-likeness (QED) is 0.905. The van der Waals surface area contributed by atoms with Gasteiger partial charge in [-0.1, -0.05) is 18.3 Å². The molecule has 2 aliphatic heterocycles. The molecule has 2 fully saturated rings. The maximum Gasteiger partial charge on any atom is 0.227 e. The third-order valence-electron chi connectivity index (χ3n) is 4.95. The first kappa shape index (κ1) is 14.9. The Labute approximate surface area is 140 Å². The van der Waals surface area contributed by atoms with Crippen LogP contribution < -0.4 is 15.5 Å². The summed E-state index contributed by atoms with van der Waals surface area (Å²) < 4.78 is 1.14. The van der Waals surface area contributed by atoms with Crippen LogP contribution in [0.4, 0.5) is 10.8 Å². The van der Waals surface area contributed by atoms with Gasteiger partial charge in [-0.3, -0.25) is 4.79 Å². The van der Waals surface area contributed by atoms with E-state index in [1.54, 1.807) is 11.3 Å². The van der Waals surface area contributed by atoms with Gasteiger partial charge in [0.2, 0.25) is 5.91 Å². The van der Waals surface area contributed by atoms with E-state index >= 15 is 0 Å². The van der Waals surface area contributed by atoms with Crippen LogP contribution in [0.25, 0.3) is 10.2 Å². The zero-order valence-corrected chi connectivity index (χ0v) is 14.2. The largest absolute Gasteiger partial charge is 0.348 e. The van der Waals surface area contributed by atoms with Crippen LogP contribution in [0.2, 0.25) is 0 Å². The molecule has 23 heavy (non-hydrogen) atoms. The molecule has 6 heteroatoms. The van der Waals surface area contributed by atoms with Crippen LogP contribution in [0.3, 0.4) is 0 Å². The fourth-order valence-corrected chi connectivity index (χ4v) is 4.23. The van der Waals surface area contributed by atoms with Crippen molar-refractivity contribution < 1.29 is 4.79 Å². The molecular weight excluding hydrogens is 308 g/mol. The SMILES string of the molecule is CC(C(=O)Nc1ccc2nc(N3CCCC3)sc2c1)C1CNC1. The van der Waals surface area contributed by atoms with Crippen LogP contribution in [0.15, 0.2) is 18.2 Å². The lowest BCUT2D eigenvalue weighted by Crippen LogP contribution is -2.48. The summed E-state index contributed by atoms with van der Waals surface area (Å²) in [5, 5.41) is 7.39. The lowest BCUT2D eigenvalue weighted by molar-refractivity contribution is -0.121. The maximum atomic E-state index is 12.3. The summed E-state index contributed by atoms with van der Waals surface area (Å²) in [7, 11) is 0. The van der Waals surface area contributed by atoms with E-state index in [-0.39, 0.29) is 11.8 Å². The molecule has 0 aliphatic carbocycles. The molecule has 3 heterocycles. The van der Waals surface area contributed by atoms with Crippen molar-refractivity contribution in [2.75, 3.05) is 36.4 Å². The Morgan fingerprint density at radius 2 is 2.17 bits per heavy atom. The van der Waals surface area contributed by atoms with Gasteiger partial charge in [-0.2, -0.15) is 0 Å². The first-order chi connectivity index (χ1) is 11.2. The standard InChI is InChI=1S/C17H22N4OS/c1-11(12-9-18-10-12)16(22)19-13-4-5-14-15(8-13)23-17(20-14)21-6-2-3-7-21/h4-5,8,11-12,18H,2-3,6-7,9-10H2,1H3,(H,19,22). The van der Waals surface area contributed by atoms with Crippen LogP contribution in [0.5, 0.6) is 0 Å². The van der Waals surface area contributed by atoms with E-state index in [0.29, 0.717) is 5.92 Å². The number of carbonyl (C=O) groups excluding carboxylic acids is 1. The van der Waals surface area contributed by atoms with Crippen LogP contribution >= 0.6 is 11.3 Å². The number of hydrogen-bond acceptors (Lipinski definition) is 5. The molecule has 0 spiro atoms. The molecular formula is C17H22N4OS. The molecule has 1 aromatic heterocycles. The summed E-state index contributed by atoms with van der Waals surface area (Å²) >= 11 is 1.72. The molecule has 0 saturated carbocycles. The van der Waals surface area contributed by atoms with Crippen molar-refractivity contribution in [2.24, 2.45) is 11.8 Å². The van der Waals surface area contributed by atoms with Crippen molar-refractivity contribution in [2.45, 2.75) is 19.8 Å². The number of carbonyl (C=O) groups is 1. The topological polar surface area (TPSA) is 57.3 Å². The second-order valence-corrected chi connectivity index (χ2v) is 7.58. The van der Waals surface area contributed by atoms with Crippen molar-refractivity contribution >= 4 is 38.3 Å². The summed E-state index contributed by atoms with van der Waals surface area (Å²) in [4.78, 5) is 19.4. The number of amides is 1. The highest BCUT2D eigenvalue weighted by molar-refractivity contribution is 7.22. The van der Waals surface area contributed by atoms with Gasteiger partial charge in [0.15, 0.2) is 5.13 Å². The second-order valence-electron chi connectivity index (χ2n) is 6.57. The first-order valence-corrected chi connectivity index (χ1v) is 9.19. The first-order valence-electron chi connectivity index (χ1n) is 8.38. The minimum atomic E-state index is 0.0496. The number of thiazole rings is 1. The van der Waals surface area contributed by atoms with E-state index in [9.17, 15) is 4.79 Å². The molecule has 1 aromatic carbocycles. The number of hydrogen-bond donors (Lipinski definition) is 2. The second kappa shape index (κ2) is 6.09. The molecule has 2 N–H and O–H groups in total. The summed E-state index contributed by atoms with van der Waals surface area (Å²) in [5.74, 6) is 0.623. The van der Waals surface area contributed by atoms with E-state index in [2.05, 4.69) is 21.6 Å². The molecule has 5 nitrogen and oxygen atoms in total. The van der Waals surface area contributed by atoms with Crippen molar-refractivity contribution in [3.63, 3.8) is 0 Å². The van der Waals surface area contributed by atoms with Gasteiger partial charge in [-0.25, -0.2) is 4.98 Å². The third-order valence-corrected chi connectivity index (χ3v) is 6.03. The molecule has 1 atom stereocenters. The van der Waals surface area contributed by atoms with Crippen molar-refractivity contribution in [3.8, 4) is 0 Å². The van der Waals surface area contributed by atoms with E-state index < -0.39 is 0 Å². The number of anilines is 2. The number of nitrogens with zero attached hydrogens (tertiary/aromatic N) is 2. The average molecular weight is 330 g/mol. The summed E-state index contributed by atoms with van der Waals surface area (Å²) in [6, 6.07) is 6.02. The van der Waals surface area contributed by atoms with Gasteiger partial charge in [0.25, 0.3) is 0 Å². The molecule has 2 aliphatic rings. The molecule has 0 bridgehead atoms. The molecule has 2 aromatic rings. The number of aromatic nitrogens is 1. The Bertz CT molecular complexity index is 718. The van der Waals surface area contributed by atoms with Gasteiger partial charge in [-0.15, -0.1) is 0 Å². The normalized spacial score (nSPS) is 19.8. The van der Waals surface area contributed by atoms with Gasteiger partial charge >= 0.3 is 0 Å². The van der Waals surface area contributed by atoms with Crippen molar-refractivity contribution in [3.05, 3.63) is 18.2 Å². The fraction of sp³-hybridized carbons (Fsp3) is 0.529. The van der Waals surface area contributed by atoms with Crippen LogP contribution in [0.1, 0.15) is 19.8 Å². The molecule has 4 rings (SSSR count). The van der Waals surface area contributed by atoms with E-state index in [1.807, 2.05) is 19.1 Å². The predicted molar refractivity (Wildman–Crippen MR) is 95.2 cm³/mol. The van der Waals surface area contributed by atoms with Gasteiger partial charge in [0.05, 0.1) is 10.2 Å². The number of benzene rings is 1. The van der Waals surface area contributed by atoms with Gasteiger partial charge < -0.3 is 15.5 Å². The van der Waals surface area contributed by atoms with E-state index in [1.165, 1.54) is 12.8 Å². The fourth-order valence-electron chi connectivity index (χ4n) is 3.17. The number of rotatable bonds is 4. The lowest BCUT2D eigenvalue weighted by Gasteiger charge is -2.31. The zero-order valence-electron chi connectivity index (χ0n) is 13.3. The van der Waals surface area contributed by atoms with Crippen molar-refractivity contribution in [1.29, 1.82) is 0 Å². The van der Waals surface area contributed by atoms with Crippen LogP contribution in [0, 0.1) is 11.8 Å². The Hall–Kier alpha value is -1.66. The van der Waals surface area contributed by atoms with Gasteiger partial charge in [-0.05, 0) is 50.0 Å². The summed E-state index contributed by atoms with van der Waals surface area (Å²) in [6.45, 7) is 6.12. The highest BCUT2D eigenvalue weighted by Gasteiger charge is 2.28. The highest BCUT2D eigenvalue weighted by Crippen LogP contribution is 2.32. The molecule has 122 valence electrons. The van der Waals surface area contributed by atoms with Gasteiger partial charge in [0, 0.05) is 24.7 Å². The predicted octanol–water partition coefficient (Wildman–Crippen LogP) is 2.69. The molecule has 2 saturated heterocycles. The number of fused-ring (bicyclic) bond motifs is 1. The average Bonchev–Trinajstić information content (AvgIpc) is 3.13. The third kappa shape index (κ3) is 2.93. The molecule has 0 radical (unpaired) electrons. The summed E-state index contributed by atoms with van der Waals surface area (Å²) in [5.41, 5.74) is 1.89. The zero-order chi connectivity index (χ0) is 15.8. The number of nitrogens with one attached hydrogen (secondary N) is 2. The maximum absolute atomic E-state index is 12.3. The Morgan fingerprint density at radius 3 is 2.87 bits per heavy atom. The molecule has 1 amide bonds. The van der Waals surface area contributed by atoms with Crippen LogP contribution in [-0.4, -0.2) is 37.1 Å². The minimum Gasteiger partial charge on any atom is -0.348 e. The smallest absolute Gasteiger partial charge is 0.227 e. The Balaban J connectivity index is 1.50. The summed E-state index contributed by atoms with van der Waals surface area (Å²) in [6.07, 6.45) is 2.51. The van der Waals surface area contributed by atoms with Crippen LogP contribution in [-0.2, 0) is 4.79 Å². The highest BCUT2D eigenvalue weighted by atomic mass is 32.1. The Kier molecular flexibility index (Phi) is 3.95. The Morgan fingerprint density at radius 1 is 1.39 bits per heavy atom. The monoisotopic (exact) mass is 330 g/mol. The van der Waals surface area contributed by atoms with E-state index in [0.717, 1.165) is 47.2 Å². The molecule has 1 unspecified atom stereocenters. The van der Waals surface area contributed by atoms with Crippen molar-refractivity contribution in [1.82, 2.24) is 10.3 Å². The van der Waals surface area contributed by atoms with Gasteiger partial charge in [0.1, 0.15) is 0 Å². The van der Waals surface area contributed by atoms with E-state index in [4.69, 9.17) is 4.98 Å². The minimum absolute atomic E-state index is 0.0496. The lowest BCUT2D eigenvalue weighted by atomic mass is 9.88.